The molecule has 0 radical (unpaired) electrons. The Labute approximate surface area is 116 Å². The maximum atomic E-state index is 11.2. The first-order chi connectivity index (χ1) is 9.18. The largest absolute Gasteiger partial charge is 0.366 e. The molecule has 0 spiro atoms. The van der Waals surface area contributed by atoms with E-state index in [-0.39, 0.29) is 10.7 Å². The summed E-state index contributed by atoms with van der Waals surface area (Å²) in [6, 6.07) is 9.14. The summed E-state index contributed by atoms with van der Waals surface area (Å²) in [6.07, 6.45) is 0.924. The molecule has 3 N–H and O–H groups in total. The van der Waals surface area contributed by atoms with Crippen LogP contribution in [0.5, 0.6) is 0 Å². The van der Waals surface area contributed by atoms with Gasteiger partial charge in [-0.05, 0) is 18.6 Å². The van der Waals surface area contributed by atoms with Crippen molar-refractivity contribution in [2.24, 2.45) is 0 Å². The first-order valence-corrected chi connectivity index (χ1v) is 6.32. The van der Waals surface area contributed by atoms with Gasteiger partial charge in [0.05, 0.1) is 4.92 Å². The molecule has 0 aromatic heterocycles. The van der Waals surface area contributed by atoms with Gasteiger partial charge < -0.3 is 16.0 Å². The number of thiocarbonyl (C=S) groups is 1. The van der Waals surface area contributed by atoms with Gasteiger partial charge in [0.1, 0.15) is 0 Å². The maximum Gasteiger partial charge on any atom is 0.343 e. The lowest BCUT2D eigenvalue weighted by atomic mass is 10.3. The molecule has 0 bridgehead atoms. The summed E-state index contributed by atoms with van der Waals surface area (Å²) in [6.45, 7) is 1.40. The SMILES string of the molecule is O=[N+]([O-])C(C(=S)Nc1ccccc1)=C1NCCCN1. The van der Waals surface area contributed by atoms with Crippen LogP contribution in [0.4, 0.5) is 5.69 Å². The predicted octanol–water partition coefficient (Wildman–Crippen LogP) is 1.45. The quantitative estimate of drug-likeness (QED) is 0.336. The minimum Gasteiger partial charge on any atom is -0.366 e. The smallest absolute Gasteiger partial charge is 0.343 e. The van der Waals surface area contributed by atoms with Crippen molar-refractivity contribution < 1.29 is 4.92 Å². The molecular weight excluding hydrogens is 264 g/mol. The lowest BCUT2D eigenvalue weighted by Gasteiger charge is -2.19. The normalized spacial score (nSPS) is 14.0. The van der Waals surface area contributed by atoms with Crippen LogP contribution >= 0.6 is 12.2 Å². The van der Waals surface area contributed by atoms with Crippen LogP contribution in [0.1, 0.15) is 6.42 Å². The maximum absolute atomic E-state index is 11.2. The second kappa shape index (κ2) is 6.14. The van der Waals surface area contributed by atoms with E-state index in [0.717, 1.165) is 12.1 Å². The second-order valence-corrected chi connectivity index (χ2v) is 4.42. The van der Waals surface area contributed by atoms with Gasteiger partial charge in [-0.15, -0.1) is 0 Å². The molecule has 0 aliphatic carbocycles. The van der Waals surface area contributed by atoms with Crippen LogP contribution in [0.25, 0.3) is 0 Å². The minimum atomic E-state index is -0.473. The molecule has 0 amide bonds. The molecule has 1 aromatic carbocycles. The van der Waals surface area contributed by atoms with E-state index < -0.39 is 4.92 Å². The number of nitrogens with zero attached hydrogens (tertiary/aromatic N) is 1. The highest BCUT2D eigenvalue weighted by Crippen LogP contribution is 2.11. The van der Waals surface area contributed by atoms with Crippen molar-refractivity contribution in [1.82, 2.24) is 10.6 Å². The topological polar surface area (TPSA) is 79.2 Å². The van der Waals surface area contributed by atoms with Crippen LogP contribution in [0.15, 0.2) is 41.8 Å². The summed E-state index contributed by atoms with van der Waals surface area (Å²) in [5.41, 5.74) is 0.599. The van der Waals surface area contributed by atoms with Crippen molar-refractivity contribution in [2.45, 2.75) is 6.42 Å². The van der Waals surface area contributed by atoms with Gasteiger partial charge in [0.2, 0.25) is 0 Å². The van der Waals surface area contributed by atoms with Crippen LogP contribution in [0.2, 0.25) is 0 Å². The van der Waals surface area contributed by atoms with Crippen molar-refractivity contribution in [3.05, 3.63) is 52.0 Å². The molecule has 1 aliphatic rings. The average Bonchev–Trinajstić information content (AvgIpc) is 2.40. The molecule has 0 unspecified atom stereocenters. The third kappa shape index (κ3) is 3.41. The Morgan fingerprint density at radius 1 is 1.26 bits per heavy atom. The molecule has 1 saturated heterocycles. The molecule has 100 valence electrons. The van der Waals surface area contributed by atoms with Crippen molar-refractivity contribution in [2.75, 3.05) is 18.4 Å². The average molecular weight is 278 g/mol. The van der Waals surface area contributed by atoms with E-state index in [4.69, 9.17) is 12.2 Å². The first kappa shape index (κ1) is 13.3. The standard InChI is InChI=1S/C12H14N4O2S/c17-16(18)10(11-13-7-4-8-14-11)12(19)15-9-5-2-1-3-6-9/h1-3,5-6,13-14H,4,7-8H2,(H,15,19). The van der Waals surface area contributed by atoms with Crippen molar-refractivity contribution in [3.8, 4) is 0 Å². The molecule has 1 fully saturated rings. The molecule has 19 heavy (non-hydrogen) atoms. The Kier molecular flexibility index (Phi) is 4.30. The Morgan fingerprint density at radius 3 is 2.47 bits per heavy atom. The zero-order valence-corrected chi connectivity index (χ0v) is 11.0. The molecule has 1 aliphatic heterocycles. The summed E-state index contributed by atoms with van der Waals surface area (Å²) in [4.78, 5) is 10.8. The van der Waals surface area contributed by atoms with Gasteiger partial charge in [0, 0.05) is 18.8 Å². The number of nitrogens with one attached hydrogen (secondary N) is 3. The first-order valence-electron chi connectivity index (χ1n) is 5.91. The second-order valence-electron chi connectivity index (χ2n) is 4.01. The van der Waals surface area contributed by atoms with Crippen LogP contribution in [0.3, 0.4) is 0 Å². The van der Waals surface area contributed by atoms with E-state index in [2.05, 4.69) is 16.0 Å². The number of anilines is 1. The van der Waals surface area contributed by atoms with Crippen molar-refractivity contribution >= 4 is 22.9 Å². The summed E-state index contributed by atoms with van der Waals surface area (Å²) < 4.78 is 0. The lowest BCUT2D eigenvalue weighted by Crippen LogP contribution is -2.39. The Hall–Kier alpha value is -2.15. The summed E-state index contributed by atoms with van der Waals surface area (Å²) >= 11 is 5.12. The predicted molar refractivity (Wildman–Crippen MR) is 77.3 cm³/mol. The van der Waals surface area contributed by atoms with Crippen LogP contribution in [0, 0.1) is 10.1 Å². The highest BCUT2D eigenvalue weighted by atomic mass is 32.1. The fourth-order valence-corrected chi connectivity index (χ4v) is 2.04. The summed E-state index contributed by atoms with van der Waals surface area (Å²) in [7, 11) is 0. The zero-order chi connectivity index (χ0) is 13.7. The molecule has 7 heteroatoms. The van der Waals surface area contributed by atoms with E-state index >= 15 is 0 Å². The fraction of sp³-hybridized carbons (Fsp3) is 0.250. The molecule has 2 rings (SSSR count). The molecule has 0 saturated carbocycles. The fourth-order valence-electron chi connectivity index (χ4n) is 1.74. The van der Waals surface area contributed by atoms with Crippen LogP contribution < -0.4 is 16.0 Å². The summed E-state index contributed by atoms with van der Waals surface area (Å²) in [5.74, 6) is 0.379. The number of hydrogen-bond acceptors (Lipinski definition) is 5. The van der Waals surface area contributed by atoms with E-state index in [0.29, 0.717) is 18.9 Å². The molecule has 6 nitrogen and oxygen atoms in total. The molecular formula is C12H14N4O2S. The molecule has 1 heterocycles. The number of para-hydroxylation sites is 1. The van der Waals surface area contributed by atoms with Crippen molar-refractivity contribution in [1.29, 1.82) is 0 Å². The van der Waals surface area contributed by atoms with E-state index in [1.54, 1.807) is 12.1 Å². The third-order valence-electron chi connectivity index (χ3n) is 2.62. The van der Waals surface area contributed by atoms with E-state index in [1.165, 1.54) is 0 Å². The highest BCUT2D eigenvalue weighted by Gasteiger charge is 2.25. The Bertz CT molecular complexity index is 508. The monoisotopic (exact) mass is 278 g/mol. The number of rotatable bonds is 3. The van der Waals surface area contributed by atoms with Gasteiger partial charge >= 0.3 is 5.70 Å². The van der Waals surface area contributed by atoms with Gasteiger partial charge in [-0.2, -0.15) is 0 Å². The van der Waals surface area contributed by atoms with Crippen LogP contribution in [-0.2, 0) is 0 Å². The van der Waals surface area contributed by atoms with Gasteiger partial charge in [0.25, 0.3) is 0 Å². The lowest BCUT2D eigenvalue weighted by molar-refractivity contribution is -0.416. The number of benzene rings is 1. The van der Waals surface area contributed by atoms with Gasteiger partial charge in [-0.1, -0.05) is 30.4 Å². The molecule has 1 aromatic rings. The van der Waals surface area contributed by atoms with Gasteiger partial charge in [0.15, 0.2) is 10.8 Å². The summed E-state index contributed by atoms with van der Waals surface area (Å²) in [5, 5.41) is 20.0. The van der Waals surface area contributed by atoms with Gasteiger partial charge in [-0.3, -0.25) is 10.1 Å². The third-order valence-corrected chi connectivity index (χ3v) is 2.92. The number of hydrogen-bond donors (Lipinski definition) is 3. The van der Waals surface area contributed by atoms with Crippen LogP contribution in [-0.4, -0.2) is 23.0 Å². The molecule has 0 atom stereocenters. The Balaban J connectivity index is 2.20. The van der Waals surface area contributed by atoms with Crippen molar-refractivity contribution in [3.63, 3.8) is 0 Å². The van der Waals surface area contributed by atoms with E-state index in [1.807, 2.05) is 18.2 Å². The zero-order valence-electron chi connectivity index (χ0n) is 10.2. The highest BCUT2D eigenvalue weighted by molar-refractivity contribution is 7.81. The van der Waals surface area contributed by atoms with Gasteiger partial charge in [-0.25, -0.2) is 0 Å². The Morgan fingerprint density at radius 2 is 1.89 bits per heavy atom. The van der Waals surface area contributed by atoms with E-state index in [9.17, 15) is 10.1 Å². The number of nitro groups is 1. The minimum absolute atomic E-state index is 0.0908.